The Hall–Kier alpha value is -1.53. The Morgan fingerprint density at radius 2 is 1.87 bits per heavy atom. The molecule has 1 aromatic carbocycles. The lowest BCUT2D eigenvalue weighted by atomic mass is 10.0. The molecule has 6 heteroatoms. The second-order valence-electron chi connectivity index (χ2n) is 5.95. The first kappa shape index (κ1) is 17.8. The molecule has 0 radical (unpaired) electrons. The number of carbonyl (C=O) groups is 2. The van der Waals surface area contributed by atoms with Crippen LogP contribution in [0.4, 0.5) is 5.69 Å². The van der Waals surface area contributed by atoms with Crippen LogP contribution in [0.25, 0.3) is 0 Å². The van der Waals surface area contributed by atoms with Crippen LogP contribution in [0.15, 0.2) is 30.3 Å². The van der Waals surface area contributed by atoms with E-state index in [-0.39, 0.29) is 11.8 Å². The van der Waals surface area contributed by atoms with Gasteiger partial charge in [-0.25, -0.2) is 0 Å². The Labute approximate surface area is 142 Å². The van der Waals surface area contributed by atoms with Crippen LogP contribution in [-0.2, 0) is 9.59 Å². The highest BCUT2D eigenvalue weighted by Gasteiger charge is 2.23. The van der Waals surface area contributed by atoms with Gasteiger partial charge in [-0.3, -0.25) is 9.59 Å². The monoisotopic (exact) mass is 335 g/mol. The zero-order chi connectivity index (χ0) is 16.7. The fourth-order valence-electron chi connectivity index (χ4n) is 2.64. The van der Waals surface area contributed by atoms with Crippen LogP contribution >= 0.6 is 11.8 Å². The van der Waals surface area contributed by atoms with Gasteiger partial charge in [0, 0.05) is 18.8 Å². The molecule has 1 aliphatic heterocycles. The van der Waals surface area contributed by atoms with Crippen LogP contribution in [0.2, 0.25) is 0 Å². The molecule has 0 spiro atoms. The minimum absolute atomic E-state index is 0.0732. The number of benzene rings is 1. The zero-order valence-corrected chi connectivity index (χ0v) is 14.6. The third-order valence-corrected chi connectivity index (χ3v) is 5.06. The second-order valence-corrected chi connectivity index (χ2v) is 6.93. The first-order chi connectivity index (χ1) is 11.1. The van der Waals surface area contributed by atoms with Gasteiger partial charge in [-0.1, -0.05) is 18.2 Å². The molecule has 1 fully saturated rings. The molecule has 1 heterocycles. The molecule has 1 saturated heterocycles. The minimum Gasteiger partial charge on any atom is -0.342 e. The number of nitrogens with zero attached hydrogens (tertiary/aromatic N) is 2. The molecule has 1 aromatic rings. The zero-order valence-electron chi connectivity index (χ0n) is 13.8. The predicted molar refractivity (Wildman–Crippen MR) is 95.7 cm³/mol. The van der Waals surface area contributed by atoms with Gasteiger partial charge in [0.25, 0.3) is 0 Å². The van der Waals surface area contributed by atoms with E-state index in [0.717, 1.165) is 31.6 Å². The normalized spacial score (nSPS) is 16.1. The standard InChI is InChI=1S/C17H25N3O2S/c1-19-10-8-15(9-11-19)20(2)17(22)13-23-12-16(21)18-14-6-4-3-5-7-14/h3-7,15H,8-13H2,1-2H3,(H,18,21). The summed E-state index contributed by atoms with van der Waals surface area (Å²) in [5, 5.41) is 2.82. The molecule has 1 N–H and O–H groups in total. The van der Waals surface area contributed by atoms with Crippen LogP contribution < -0.4 is 5.32 Å². The number of hydrogen-bond donors (Lipinski definition) is 1. The molecule has 23 heavy (non-hydrogen) atoms. The maximum Gasteiger partial charge on any atom is 0.234 e. The van der Waals surface area contributed by atoms with Gasteiger partial charge in [-0.15, -0.1) is 11.8 Å². The number of hydrogen-bond acceptors (Lipinski definition) is 4. The Kier molecular flexibility index (Phi) is 6.92. The summed E-state index contributed by atoms with van der Waals surface area (Å²) in [7, 11) is 3.99. The number of anilines is 1. The third kappa shape index (κ3) is 5.88. The van der Waals surface area contributed by atoms with Crippen molar-refractivity contribution in [1.29, 1.82) is 0 Å². The lowest BCUT2D eigenvalue weighted by Crippen LogP contribution is -2.45. The highest BCUT2D eigenvalue weighted by Crippen LogP contribution is 2.15. The van der Waals surface area contributed by atoms with Gasteiger partial charge in [0.05, 0.1) is 11.5 Å². The molecule has 0 saturated carbocycles. The molecular formula is C17H25N3O2S. The predicted octanol–water partition coefficient (Wildman–Crippen LogP) is 1.91. The number of nitrogens with one attached hydrogen (secondary N) is 1. The Morgan fingerprint density at radius 1 is 1.22 bits per heavy atom. The SMILES string of the molecule is CN1CCC(N(C)C(=O)CSCC(=O)Nc2ccccc2)CC1. The number of thioether (sulfide) groups is 1. The van der Waals surface area contributed by atoms with Crippen molar-refractivity contribution in [3.05, 3.63) is 30.3 Å². The molecule has 0 bridgehead atoms. The van der Waals surface area contributed by atoms with Gasteiger partial charge in [-0.2, -0.15) is 0 Å². The first-order valence-electron chi connectivity index (χ1n) is 7.93. The largest absolute Gasteiger partial charge is 0.342 e. The average molecular weight is 335 g/mol. The third-order valence-electron chi connectivity index (χ3n) is 4.15. The van der Waals surface area contributed by atoms with Crippen LogP contribution in [0.1, 0.15) is 12.8 Å². The van der Waals surface area contributed by atoms with E-state index >= 15 is 0 Å². The highest BCUT2D eigenvalue weighted by atomic mass is 32.2. The number of piperidine rings is 1. The van der Waals surface area contributed by atoms with Gasteiger partial charge in [0.2, 0.25) is 11.8 Å². The highest BCUT2D eigenvalue weighted by molar-refractivity contribution is 8.00. The summed E-state index contributed by atoms with van der Waals surface area (Å²) in [5.41, 5.74) is 0.785. The fourth-order valence-corrected chi connectivity index (χ4v) is 3.38. The topological polar surface area (TPSA) is 52.7 Å². The summed E-state index contributed by atoms with van der Waals surface area (Å²) in [6, 6.07) is 9.69. The van der Waals surface area contributed by atoms with Crippen molar-refractivity contribution in [2.75, 3.05) is 44.0 Å². The van der Waals surface area contributed by atoms with E-state index in [2.05, 4.69) is 17.3 Å². The number of rotatable bonds is 6. The number of amides is 2. The van der Waals surface area contributed by atoms with Crippen molar-refractivity contribution in [1.82, 2.24) is 9.80 Å². The van der Waals surface area contributed by atoms with Crippen molar-refractivity contribution in [3.8, 4) is 0 Å². The van der Waals surface area contributed by atoms with Gasteiger partial charge in [-0.05, 0) is 45.1 Å². The lowest BCUT2D eigenvalue weighted by molar-refractivity contribution is -0.129. The van der Waals surface area contributed by atoms with E-state index in [1.54, 1.807) is 0 Å². The Balaban J connectivity index is 1.67. The number of likely N-dealkylation sites (tertiary alicyclic amines) is 1. The maximum absolute atomic E-state index is 12.2. The molecule has 0 atom stereocenters. The molecule has 1 aliphatic rings. The van der Waals surface area contributed by atoms with Crippen LogP contribution in [0.5, 0.6) is 0 Å². The smallest absolute Gasteiger partial charge is 0.234 e. The van der Waals surface area contributed by atoms with Gasteiger partial charge in [0.15, 0.2) is 0 Å². The summed E-state index contributed by atoms with van der Waals surface area (Å²) >= 11 is 1.37. The number of carbonyl (C=O) groups excluding carboxylic acids is 2. The van der Waals surface area contributed by atoms with Crippen molar-refractivity contribution < 1.29 is 9.59 Å². The quantitative estimate of drug-likeness (QED) is 0.863. The van der Waals surface area contributed by atoms with E-state index in [0.29, 0.717) is 17.5 Å². The molecule has 0 unspecified atom stereocenters. The van der Waals surface area contributed by atoms with Crippen LogP contribution in [0, 0.1) is 0 Å². The maximum atomic E-state index is 12.2. The summed E-state index contributed by atoms with van der Waals surface area (Å²) in [6.45, 7) is 2.07. The van der Waals surface area contributed by atoms with Crippen molar-refractivity contribution in [3.63, 3.8) is 0 Å². The summed E-state index contributed by atoms with van der Waals surface area (Å²) in [5.74, 6) is 0.681. The molecule has 0 aromatic heterocycles. The van der Waals surface area contributed by atoms with Crippen LogP contribution in [-0.4, -0.2) is 66.3 Å². The van der Waals surface area contributed by atoms with Crippen molar-refractivity contribution >= 4 is 29.3 Å². The molecule has 2 rings (SSSR count). The molecule has 0 aliphatic carbocycles. The first-order valence-corrected chi connectivity index (χ1v) is 9.08. The molecule has 5 nitrogen and oxygen atoms in total. The van der Waals surface area contributed by atoms with Crippen LogP contribution in [0.3, 0.4) is 0 Å². The molecule has 126 valence electrons. The summed E-state index contributed by atoms with van der Waals surface area (Å²) < 4.78 is 0. The summed E-state index contributed by atoms with van der Waals surface area (Å²) in [6.07, 6.45) is 2.05. The van der Waals surface area contributed by atoms with Gasteiger partial charge < -0.3 is 15.1 Å². The molecular weight excluding hydrogens is 310 g/mol. The average Bonchev–Trinajstić information content (AvgIpc) is 2.55. The summed E-state index contributed by atoms with van der Waals surface area (Å²) in [4.78, 5) is 28.2. The lowest BCUT2D eigenvalue weighted by Gasteiger charge is -2.35. The Bertz CT molecular complexity index is 516. The van der Waals surface area contributed by atoms with Gasteiger partial charge >= 0.3 is 0 Å². The van der Waals surface area contributed by atoms with E-state index < -0.39 is 0 Å². The van der Waals surface area contributed by atoms with Crippen molar-refractivity contribution in [2.45, 2.75) is 18.9 Å². The van der Waals surface area contributed by atoms with Crippen molar-refractivity contribution in [2.24, 2.45) is 0 Å². The number of para-hydroxylation sites is 1. The fraction of sp³-hybridized carbons (Fsp3) is 0.529. The van der Waals surface area contributed by atoms with Gasteiger partial charge in [0.1, 0.15) is 0 Å². The van der Waals surface area contributed by atoms with E-state index in [1.807, 2.05) is 42.3 Å². The Morgan fingerprint density at radius 3 is 2.52 bits per heavy atom. The van der Waals surface area contributed by atoms with E-state index in [9.17, 15) is 9.59 Å². The van der Waals surface area contributed by atoms with E-state index in [4.69, 9.17) is 0 Å². The second kappa shape index (κ2) is 8.93. The minimum atomic E-state index is -0.0732. The van der Waals surface area contributed by atoms with E-state index in [1.165, 1.54) is 11.8 Å². The molecule has 2 amide bonds.